The zero-order valence-electron chi connectivity index (χ0n) is 10.7. The van der Waals surface area contributed by atoms with E-state index in [4.69, 9.17) is 23.8 Å². The molecule has 108 valence electrons. The summed E-state index contributed by atoms with van der Waals surface area (Å²) in [5, 5.41) is 7.86. The summed E-state index contributed by atoms with van der Waals surface area (Å²) in [5.74, 6) is 0.0325. The highest BCUT2D eigenvalue weighted by Gasteiger charge is 2.09. The van der Waals surface area contributed by atoms with Crippen molar-refractivity contribution in [3.05, 3.63) is 24.3 Å². The van der Waals surface area contributed by atoms with E-state index in [2.05, 4.69) is 20.7 Å². The number of hydrogen-bond donors (Lipinski definition) is 3. The number of alkyl halides is 1. The van der Waals surface area contributed by atoms with Gasteiger partial charge in [-0.15, -0.1) is 11.6 Å². The van der Waals surface area contributed by atoms with Crippen molar-refractivity contribution in [2.45, 2.75) is 6.42 Å². The molecule has 0 aliphatic carbocycles. The van der Waals surface area contributed by atoms with E-state index in [9.17, 15) is 9.59 Å². The van der Waals surface area contributed by atoms with Crippen molar-refractivity contribution >= 4 is 52.3 Å². The first-order chi connectivity index (χ1) is 9.56. The molecule has 0 aliphatic heterocycles. The van der Waals surface area contributed by atoms with E-state index in [0.29, 0.717) is 11.4 Å². The molecule has 0 saturated heterocycles. The lowest BCUT2D eigenvalue weighted by atomic mass is 10.2. The first-order valence-electron chi connectivity index (χ1n) is 5.67. The number of nitrogens with one attached hydrogen (secondary N) is 3. The van der Waals surface area contributed by atoms with Crippen LogP contribution in [0.15, 0.2) is 24.3 Å². The number of para-hydroxylation sites is 2. The number of methoxy groups -OCH3 is 1. The van der Waals surface area contributed by atoms with Gasteiger partial charge in [0.05, 0.1) is 18.5 Å². The van der Waals surface area contributed by atoms with E-state index in [1.807, 2.05) is 0 Å². The molecule has 0 aliphatic rings. The van der Waals surface area contributed by atoms with Crippen LogP contribution in [0.4, 0.5) is 16.2 Å². The van der Waals surface area contributed by atoms with Crippen LogP contribution in [0.25, 0.3) is 0 Å². The Labute approximate surface area is 126 Å². The molecule has 0 saturated carbocycles. The van der Waals surface area contributed by atoms with Crippen LogP contribution >= 0.6 is 23.8 Å². The molecule has 0 heterocycles. The summed E-state index contributed by atoms with van der Waals surface area (Å²) < 4.78 is 4.42. The summed E-state index contributed by atoms with van der Waals surface area (Å²) >= 11 is 10.4. The van der Waals surface area contributed by atoms with Crippen molar-refractivity contribution in [2.75, 3.05) is 23.6 Å². The van der Waals surface area contributed by atoms with E-state index in [1.54, 1.807) is 24.3 Å². The number of ether oxygens (including phenoxy) is 1. The maximum absolute atomic E-state index is 11.5. The summed E-state index contributed by atoms with van der Waals surface area (Å²) in [7, 11) is 1.23. The minimum absolute atomic E-state index is 0.0656. The van der Waals surface area contributed by atoms with Gasteiger partial charge in [0.15, 0.2) is 5.11 Å². The molecular weight excluding hydrogens is 302 g/mol. The number of alkyl carbamates (subject to hydrolysis) is 1. The zero-order chi connectivity index (χ0) is 15.0. The van der Waals surface area contributed by atoms with Crippen LogP contribution in [0.5, 0.6) is 0 Å². The Hall–Kier alpha value is -1.86. The number of carbonyl (C=O) groups is 2. The second-order valence-corrected chi connectivity index (χ2v) is 4.39. The van der Waals surface area contributed by atoms with Crippen molar-refractivity contribution in [2.24, 2.45) is 0 Å². The van der Waals surface area contributed by atoms with Gasteiger partial charge in [-0.2, -0.15) is 0 Å². The third-order valence-corrected chi connectivity index (χ3v) is 2.57. The Morgan fingerprint density at radius 2 is 1.85 bits per heavy atom. The van der Waals surface area contributed by atoms with E-state index >= 15 is 0 Å². The molecule has 0 unspecified atom stereocenters. The standard InChI is InChI=1S/C12H14ClN3O3S/c1-19-12(18)16-11(20)15-9-5-3-2-4-8(9)14-10(17)6-7-13/h2-5H,6-7H2,1H3,(H,14,17)(H2,15,16,18,20). The van der Waals surface area contributed by atoms with Gasteiger partial charge in [-0.1, -0.05) is 12.1 Å². The van der Waals surface area contributed by atoms with Crippen molar-refractivity contribution in [1.29, 1.82) is 0 Å². The van der Waals surface area contributed by atoms with Crippen LogP contribution in [-0.4, -0.2) is 30.1 Å². The van der Waals surface area contributed by atoms with Crippen LogP contribution in [0.3, 0.4) is 0 Å². The van der Waals surface area contributed by atoms with Gasteiger partial charge in [0.25, 0.3) is 0 Å². The Kier molecular flexibility index (Phi) is 6.75. The van der Waals surface area contributed by atoms with Gasteiger partial charge in [-0.05, 0) is 24.4 Å². The molecule has 1 aromatic carbocycles. The molecule has 6 nitrogen and oxygen atoms in total. The minimum atomic E-state index is -0.675. The SMILES string of the molecule is COC(=O)NC(=S)Nc1ccccc1NC(=O)CCCl. The first-order valence-corrected chi connectivity index (χ1v) is 6.62. The second-order valence-electron chi connectivity index (χ2n) is 3.60. The highest BCUT2D eigenvalue weighted by molar-refractivity contribution is 7.80. The summed E-state index contributed by atoms with van der Waals surface area (Å²) in [6.45, 7) is 0. The Bertz CT molecular complexity index is 510. The third-order valence-electron chi connectivity index (χ3n) is 2.17. The van der Waals surface area contributed by atoms with E-state index in [0.717, 1.165) is 0 Å². The van der Waals surface area contributed by atoms with Gasteiger partial charge >= 0.3 is 6.09 Å². The maximum Gasteiger partial charge on any atom is 0.413 e. The topological polar surface area (TPSA) is 79.5 Å². The molecule has 2 amide bonds. The molecule has 0 fully saturated rings. The molecule has 0 bridgehead atoms. The Balaban J connectivity index is 2.72. The summed E-state index contributed by atoms with van der Waals surface area (Å²) in [5.41, 5.74) is 1.09. The van der Waals surface area contributed by atoms with Crippen LogP contribution in [0.1, 0.15) is 6.42 Å². The minimum Gasteiger partial charge on any atom is -0.453 e. The summed E-state index contributed by atoms with van der Waals surface area (Å²) in [6, 6.07) is 6.94. The van der Waals surface area contributed by atoms with Crippen molar-refractivity contribution < 1.29 is 14.3 Å². The van der Waals surface area contributed by atoms with Crippen molar-refractivity contribution in [3.63, 3.8) is 0 Å². The van der Waals surface area contributed by atoms with Crippen LogP contribution in [-0.2, 0) is 9.53 Å². The maximum atomic E-state index is 11.5. The second kappa shape index (κ2) is 8.34. The normalized spacial score (nSPS) is 9.50. The van der Waals surface area contributed by atoms with Gasteiger partial charge in [-0.25, -0.2) is 4.79 Å². The number of amides is 2. The van der Waals surface area contributed by atoms with Gasteiger partial charge in [0.2, 0.25) is 5.91 Å². The lowest BCUT2D eigenvalue weighted by molar-refractivity contribution is -0.115. The van der Waals surface area contributed by atoms with Crippen molar-refractivity contribution in [3.8, 4) is 0 Å². The fourth-order valence-electron chi connectivity index (χ4n) is 1.30. The van der Waals surface area contributed by atoms with Gasteiger partial charge < -0.3 is 15.4 Å². The van der Waals surface area contributed by atoms with Crippen molar-refractivity contribution in [1.82, 2.24) is 5.32 Å². The quantitative estimate of drug-likeness (QED) is 0.587. The lowest BCUT2D eigenvalue weighted by Gasteiger charge is -2.13. The summed E-state index contributed by atoms with van der Waals surface area (Å²) in [4.78, 5) is 22.5. The third kappa shape index (κ3) is 5.41. The molecule has 8 heteroatoms. The molecule has 0 spiro atoms. The van der Waals surface area contributed by atoms with Gasteiger partial charge in [0.1, 0.15) is 0 Å². The highest BCUT2D eigenvalue weighted by atomic mass is 35.5. The molecular formula is C12H14ClN3O3S. The number of benzene rings is 1. The van der Waals surface area contributed by atoms with Crippen LogP contribution in [0, 0.1) is 0 Å². The predicted octanol–water partition coefficient (Wildman–Crippen LogP) is 2.31. The van der Waals surface area contributed by atoms with Gasteiger partial charge in [0, 0.05) is 12.3 Å². The molecule has 0 aromatic heterocycles. The molecule has 20 heavy (non-hydrogen) atoms. The average molecular weight is 316 g/mol. The highest BCUT2D eigenvalue weighted by Crippen LogP contribution is 2.21. The number of rotatable bonds is 4. The monoisotopic (exact) mass is 315 g/mol. The molecule has 3 N–H and O–H groups in total. The van der Waals surface area contributed by atoms with E-state index in [1.165, 1.54) is 7.11 Å². The van der Waals surface area contributed by atoms with Gasteiger partial charge in [-0.3, -0.25) is 10.1 Å². The number of halogens is 1. The lowest BCUT2D eigenvalue weighted by Crippen LogP contribution is -2.34. The first kappa shape index (κ1) is 16.2. The number of anilines is 2. The van der Waals surface area contributed by atoms with Crippen LogP contribution in [0.2, 0.25) is 0 Å². The average Bonchev–Trinajstić information content (AvgIpc) is 2.41. The van der Waals surface area contributed by atoms with Crippen LogP contribution < -0.4 is 16.0 Å². The van der Waals surface area contributed by atoms with E-state index < -0.39 is 6.09 Å². The summed E-state index contributed by atoms with van der Waals surface area (Å²) in [6.07, 6.45) is -0.466. The fourth-order valence-corrected chi connectivity index (χ4v) is 1.66. The number of thiocarbonyl (C=S) groups is 1. The Morgan fingerprint density at radius 1 is 1.25 bits per heavy atom. The molecule has 0 atom stereocenters. The number of hydrogen-bond acceptors (Lipinski definition) is 4. The number of carbonyl (C=O) groups excluding carboxylic acids is 2. The molecule has 1 aromatic rings. The smallest absolute Gasteiger partial charge is 0.413 e. The molecule has 1 rings (SSSR count). The zero-order valence-corrected chi connectivity index (χ0v) is 12.3. The van der Waals surface area contributed by atoms with E-state index in [-0.39, 0.29) is 23.3 Å². The Morgan fingerprint density at radius 3 is 2.40 bits per heavy atom. The predicted molar refractivity (Wildman–Crippen MR) is 82.2 cm³/mol. The fraction of sp³-hybridized carbons (Fsp3) is 0.250. The largest absolute Gasteiger partial charge is 0.453 e. The molecule has 0 radical (unpaired) electrons.